The van der Waals surface area contributed by atoms with Crippen LogP contribution in [0.15, 0.2) is 72.1 Å². The first-order valence-electron chi connectivity index (χ1n) is 11.4. The fourth-order valence-electron chi connectivity index (χ4n) is 4.52. The van der Waals surface area contributed by atoms with Gasteiger partial charge in [0.05, 0.1) is 12.3 Å². The number of aliphatic hydroxyl groups excluding tert-OH is 1. The average Bonchev–Trinajstić information content (AvgIpc) is 3.32. The molecule has 5 rings (SSSR count). The van der Waals surface area contributed by atoms with Crippen molar-refractivity contribution in [2.24, 2.45) is 0 Å². The molecule has 2 N–H and O–H groups in total. The van der Waals surface area contributed by atoms with Gasteiger partial charge in [0.1, 0.15) is 0 Å². The first-order valence-corrected chi connectivity index (χ1v) is 12.3. The maximum atomic E-state index is 9.60. The van der Waals surface area contributed by atoms with E-state index in [4.69, 9.17) is 4.98 Å². The van der Waals surface area contributed by atoms with Gasteiger partial charge in [-0.05, 0) is 60.3 Å². The smallest absolute Gasteiger partial charge is 0.187 e. The van der Waals surface area contributed by atoms with Crippen molar-refractivity contribution in [3.8, 4) is 11.3 Å². The zero-order valence-corrected chi connectivity index (χ0v) is 19.0. The van der Waals surface area contributed by atoms with Gasteiger partial charge >= 0.3 is 0 Å². The molecule has 0 radical (unpaired) electrons. The minimum Gasteiger partial charge on any atom is -0.395 e. The zero-order chi connectivity index (χ0) is 21.8. The summed E-state index contributed by atoms with van der Waals surface area (Å²) in [4.78, 5) is 7.24. The van der Waals surface area contributed by atoms with Crippen LogP contribution < -0.4 is 5.32 Å². The monoisotopic (exact) mass is 443 g/mol. The summed E-state index contributed by atoms with van der Waals surface area (Å²) in [6, 6.07) is 23.9. The quantitative estimate of drug-likeness (QED) is 0.362. The lowest BCUT2D eigenvalue weighted by molar-refractivity contribution is 0.0913. The molecule has 4 aromatic rings. The molecule has 4 nitrogen and oxygen atoms in total. The van der Waals surface area contributed by atoms with Crippen LogP contribution in [0.1, 0.15) is 24.8 Å². The molecule has 32 heavy (non-hydrogen) atoms. The first-order chi connectivity index (χ1) is 15.8. The highest BCUT2D eigenvalue weighted by Gasteiger charge is 2.20. The Bertz CT molecular complexity index is 1170. The summed E-state index contributed by atoms with van der Waals surface area (Å²) >= 11 is 1.63. The maximum Gasteiger partial charge on any atom is 0.187 e. The van der Waals surface area contributed by atoms with Gasteiger partial charge in [0.2, 0.25) is 0 Å². The molecule has 0 amide bonds. The van der Waals surface area contributed by atoms with Gasteiger partial charge in [-0.15, -0.1) is 11.3 Å². The van der Waals surface area contributed by atoms with Crippen LogP contribution in [0.4, 0.5) is 10.8 Å². The van der Waals surface area contributed by atoms with Gasteiger partial charge in [-0.1, -0.05) is 55.0 Å². The third kappa shape index (κ3) is 4.85. The summed E-state index contributed by atoms with van der Waals surface area (Å²) in [7, 11) is 0. The number of aliphatic hydroxyl groups is 1. The summed E-state index contributed by atoms with van der Waals surface area (Å²) in [5, 5.41) is 18.5. The Labute approximate surface area is 193 Å². The number of likely N-dealkylation sites (tertiary alicyclic amines) is 1. The number of nitrogens with zero attached hydrogens (tertiary/aromatic N) is 2. The van der Waals surface area contributed by atoms with Crippen LogP contribution in [0.3, 0.4) is 0 Å². The van der Waals surface area contributed by atoms with Gasteiger partial charge in [-0.2, -0.15) is 0 Å². The van der Waals surface area contributed by atoms with Crippen molar-refractivity contribution in [3.05, 3.63) is 77.7 Å². The third-order valence-electron chi connectivity index (χ3n) is 6.40. The van der Waals surface area contributed by atoms with Crippen LogP contribution in [0, 0.1) is 0 Å². The van der Waals surface area contributed by atoms with Gasteiger partial charge in [0.25, 0.3) is 0 Å². The van der Waals surface area contributed by atoms with Gasteiger partial charge in [-0.25, -0.2) is 4.98 Å². The largest absolute Gasteiger partial charge is 0.395 e. The van der Waals surface area contributed by atoms with Crippen molar-refractivity contribution in [1.29, 1.82) is 0 Å². The summed E-state index contributed by atoms with van der Waals surface area (Å²) in [6.07, 6.45) is 4.62. The Balaban J connectivity index is 1.21. The lowest BCUT2D eigenvalue weighted by Crippen LogP contribution is -2.42. The Morgan fingerprint density at radius 1 is 1.00 bits per heavy atom. The Morgan fingerprint density at radius 3 is 2.69 bits per heavy atom. The van der Waals surface area contributed by atoms with Crippen LogP contribution in [0.5, 0.6) is 0 Å². The van der Waals surface area contributed by atoms with Crippen molar-refractivity contribution < 1.29 is 5.11 Å². The summed E-state index contributed by atoms with van der Waals surface area (Å²) in [6.45, 7) is 2.39. The van der Waals surface area contributed by atoms with E-state index in [0.717, 1.165) is 48.0 Å². The van der Waals surface area contributed by atoms with Crippen molar-refractivity contribution in [2.75, 3.05) is 25.0 Å². The van der Waals surface area contributed by atoms with Gasteiger partial charge < -0.3 is 10.4 Å². The second kappa shape index (κ2) is 9.82. The van der Waals surface area contributed by atoms with Gasteiger partial charge in [0.15, 0.2) is 5.13 Å². The molecule has 0 saturated carbocycles. The molecular formula is C27H29N3OS. The number of hydrogen-bond donors (Lipinski definition) is 2. The van der Waals surface area contributed by atoms with Crippen molar-refractivity contribution >= 4 is 32.9 Å². The van der Waals surface area contributed by atoms with Crippen LogP contribution in [-0.4, -0.2) is 40.7 Å². The molecule has 0 aliphatic carbocycles. The summed E-state index contributed by atoms with van der Waals surface area (Å²) in [5.74, 6) is 0. The molecule has 164 valence electrons. The standard InChI is InChI=1S/C27H29N3OS/c31-18-25-7-3-4-15-30(25)16-14-20-8-12-24(13-9-20)28-27-29-26(19-32-27)23-11-10-21-5-1-2-6-22(21)17-23/h1-2,5-6,8-13,17,19,25,31H,3-4,7,14-16,18H2,(H,28,29)/t25-/m1/s1. The summed E-state index contributed by atoms with van der Waals surface area (Å²) < 4.78 is 0. The highest BCUT2D eigenvalue weighted by molar-refractivity contribution is 7.14. The number of benzene rings is 3. The second-order valence-corrected chi connectivity index (χ2v) is 9.40. The van der Waals surface area contributed by atoms with Gasteiger partial charge in [0, 0.05) is 29.2 Å². The van der Waals surface area contributed by atoms with E-state index in [9.17, 15) is 5.11 Å². The van der Waals surface area contributed by atoms with Crippen LogP contribution in [0.25, 0.3) is 22.0 Å². The molecule has 0 unspecified atom stereocenters. The minimum absolute atomic E-state index is 0.276. The minimum atomic E-state index is 0.276. The van der Waals surface area contributed by atoms with E-state index in [1.807, 2.05) is 0 Å². The van der Waals surface area contributed by atoms with Crippen LogP contribution in [-0.2, 0) is 6.42 Å². The van der Waals surface area contributed by atoms with E-state index in [0.29, 0.717) is 6.04 Å². The normalized spacial score (nSPS) is 17.0. The van der Waals surface area contributed by atoms with E-state index in [2.05, 4.69) is 82.3 Å². The number of thiazole rings is 1. The molecule has 0 bridgehead atoms. The molecule has 1 saturated heterocycles. The van der Waals surface area contributed by atoms with E-state index in [1.165, 1.54) is 29.2 Å². The highest BCUT2D eigenvalue weighted by atomic mass is 32.1. The van der Waals surface area contributed by atoms with Crippen molar-refractivity contribution in [1.82, 2.24) is 9.88 Å². The number of fused-ring (bicyclic) bond motifs is 1. The molecular weight excluding hydrogens is 414 g/mol. The zero-order valence-electron chi connectivity index (χ0n) is 18.2. The Morgan fingerprint density at radius 2 is 1.84 bits per heavy atom. The van der Waals surface area contributed by atoms with E-state index in [-0.39, 0.29) is 6.61 Å². The predicted molar refractivity (Wildman–Crippen MR) is 135 cm³/mol. The maximum absolute atomic E-state index is 9.60. The van der Waals surface area contributed by atoms with E-state index in [1.54, 1.807) is 11.3 Å². The Hall–Kier alpha value is -2.73. The highest BCUT2D eigenvalue weighted by Crippen LogP contribution is 2.29. The molecule has 0 spiro atoms. The SMILES string of the molecule is OC[C@H]1CCCCN1CCc1ccc(Nc2nc(-c3ccc4ccccc4c3)cs2)cc1. The molecule has 1 fully saturated rings. The van der Waals surface area contributed by atoms with Crippen LogP contribution in [0.2, 0.25) is 0 Å². The molecule has 1 aliphatic heterocycles. The molecule has 5 heteroatoms. The van der Waals surface area contributed by atoms with Crippen LogP contribution >= 0.6 is 11.3 Å². The fraction of sp³-hybridized carbons (Fsp3) is 0.296. The average molecular weight is 444 g/mol. The number of rotatable bonds is 7. The molecule has 3 aromatic carbocycles. The molecule has 1 aromatic heterocycles. The predicted octanol–water partition coefficient (Wildman–Crippen LogP) is 6.10. The Kier molecular flexibility index (Phi) is 6.49. The fourth-order valence-corrected chi connectivity index (χ4v) is 5.26. The number of aromatic nitrogens is 1. The molecule has 1 aliphatic rings. The number of piperidine rings is 1. The van der Waals surface area contributed by atoms with Crippen molar-refractivity contribution in [3.63, 3.8) is 0 Å². The first kappa shape index (κ1) is 21.1. The lowest BCUT2D eigenvalue weighted by atomic mass is 10.0. The van der Waals surface area contributed by atoms with E-state index >= 15 is 0 Å². The lowest BCUT2D eigenvalue weighted by Gasteiger charge is -2.34. The molecule has 2 heterocycles. The number of nitrogens with one attached hydrogen (secondary N) is 1. The summed E-state index contributed by atoms with van der Waals surface area (Å²) in [5.41, 5.74) is 4.52. The van der Waals surface area contributed by atoms with Gasteiger partial charge in [-0.3, -0.25) is 4.90 Å². The molecule has 1 atom stereocenters. The topological polar surface area (TPSA) is 48.4 Å². The number of hydrogen-bond acceptors (Lipinski definition) is 5. The third-order valence-corrected chi connectivity index (χ3v) is 7.16. The second-order valence-electron chi connectivity index (χ2n) is 8.54. The van der Waals surface area contributed by atoms with E-state index < -0.39 is 0 Å². The number of anilines is 2. The van der Waals surface area contributed by atoms with Crippen molar-refractivity contribution in [2.45, 2.75) is 31.7 Å².